The predicted molar refractivity (Wildman–Crippen MR) is 48.9 cm³/mol. The Morgan fingerprint density at radius 3 is 2.86 bits per heavy atom. The van der Waals surface area contributed by atoms with Gasteiger partial charge >= 0.3 is 5.63 Å². The lowest BCUT2D eigenvalue weighted by Gasteiger charge is -1.98. The number of rotatable bonds is 0. The monoisotopic (exact) mass is 187 g/mol. The van der Waals surface area contributed by atoms with Crippen molar-refractivity contribution in [2.75, 3.05) is 0 Å². The van der Waals surface area contributed by atoms with Gasteiger partial charge in [0.2, 0.25) is 0 Å². The summed E-state index contributed by atoms with van der Waals surface area (Å²) in [5.74, 6) is -0.186. The number of aromatic hydroxyl groups is 1. The number of hydrogen-bond acceptors (Lipinski definition) is 4. The number of fused-ring (bicyclic) bond motifs is 1. The number of hydrogen-bond donors (Lipinski definition) is 1. The van der Waals surface area contributed by atoms with Gasteiger partial charge in [-0.2, -0.15) is 5.26 Å². The summed E-state index contributed by atoms with van der Waals surface area (Å²) in [6, 6.07) is 7.36. The summed E-state index contributed by atoms with van der Waals surface area (Å²) < 4.78 is 4.82. The molecule has 1 heterocycles. The first-order valence-corrected chi connectivity index (χ1v) is 3.87. The number of nitrogens with zero attached hydrogens (tertiary/aromatic N) is 1. The molecule has 0 aliphatic heterocycles. The number of nitriles is 1. The van der Waals surface area contributed by atoms with E-state index in [4.69, 9.17) is 9.68 Å². The largest absolute Gasteiger partial charge is 0.506 e. The fourth-order valence-corrected chi connectivity index (χ4v) is 1.19. The van der Waals surface area contributed by atoms with E-state index in [-0.39, 0.29) is 16.9 Å². The maximum atomic E-state index is 10.8. The van der Waals surface area contributed by atoms with Crippen molar-refractivity contribution in [3.63, 3.8) is 0 Å². The van der Waals surface area contributed by atoms with E-state index in [0.717, 1.165) is 0 Å². The molecule has 0 amide bonds. The Balaban J connectivity index is 2.88. The van der Waals surface area contributed by atoms with Gasteiger partial charge in [0.25, 0.3) is 0 Å². The van der Waals surface area contributed by atoms with Crippen LogP contribution in [0.4, 0.5) is 0 Å². The van der Waals surface area contributed by atoms with Crippen LogP contribution in [0.3, 0.4) is 0 Å². The van der Waals surface area contributed by atoms with Crippen molar-refractivity contribution in [3.8, 4) is 11.8 Å². The lowest BCUT2D eigenvalue weighted by molar-refractivity contribution is 0.471. The van der Waals surface area contributed by atoms with Crippen molar-refractivity contribution < 1.29 is 9.52 Å². The second kappa shape index (κ2) is 2.89. The number of phenolic OH excluding ortho intramolecular Hbond substituents is 1. The summed E-state index contributed by atoms with van der Waals surface area (Å²) in [5, 5.41) is 18.6. The Labute approximate surface area is 78.6 Å². The third kappa shape index (κ3) is 1.21. The molecule has 0 saturated carbocycles. The van der Waals surface area contributed by atoms with Crippen LogP contribution in [0.15, 0.2) is 33.5 Å². The SMILES string of the molecule is N#Cc1cc2ccc(=O)oc2cc1O. The highest BCUT2D eigenvalue weighted by atomic mass is 16.4. The predicted octanol–water partition coefficient (Wildman–Crippen LogP) is 1.37. The third-order valence-corrected chi connectivity index (χ3v) is 1.86. The molecule has 2 aromatic rings. The molecule has 14 heavy (non-hydrogen) atoms. The lowest BCUT2D eigenvalue weighted by Crippen LogP contribution is -1.94. The standard InChI is InChI=1S/C10H5NO3/c11-5-7-3-6-1-2-10(13)14-9(6)4-8(7)12/h1-4,12H. The third-order valence-electron chi connectivity index (χ3n) is 1.86. The van der Waals surface area contributed by atoms with E-state index in [1.165, 1.54) is 18.2 Å². The van der Waals surface area contributed by atoms with E-state index < -0.39 is 5.63 Å². The van der Waals surface area contributed by atoms with Gasteiger partial charge < -0.3 is 9.52 Å². The van der Waals surface area contributed by atoms with Crippen LogP contribution in [0, 0.1) is 11.3 Å². The molecular formula is C10H5NO3. The van der Waals surface area contributed by atoms with Gasteiger partial charge in [-0.25, -0.2) is 4.79 Å². The molecule has 4 heteroatoms. The van der Waals surface area contributed by atoms with Crippen molar-refractivity contribution >= 4 is 11.0 Å². The van der Waals surface area contributed by atoms with Crippen LogP contribution in [0.25, 0.3) is 11.0 Å². The summed E-state index contributed by atoms with van der Waals surface area (Å²) in [5.41, 5.74) is -0.0537. The number of phenols is 1. The molecule has 0 aliphatic carbocycles. The molecule has 0 fully saturated rings. The van der Waals surface area contributed by atoms with Crippen LogP contribution >= 0.6 is 0 Å². The average Bonchev–Trinajstić information content (AvgIpc) is 2.16. The summed E-state index contributed by atoms with van der Waals surface area (Å²) in [6.45, 7) is 0. The lowest BCUT2D eigenvalue weighted by atomic mass is 10.1. The highest BCUT2D eigenvalue weighted by Gasteiger charge is 2.04. The van der Waals surface area contributed by atoms with Crippen LogP contribution in [-0.2, 0) is 0 Å². The first kappa shape index (κ1) is 8.32. The van der Waals surface area contributed by atoms with Crippen molar-refractivity contribution in [2.24, 2.45) is 0 Å². The van der Waals surface area contributed by atoms with Crippen LogP contribution in [-0.4, -0.2) is 5.11 Å². The maximum Gasteiger partial charge on any atom is 0.336 e. The number of benzene rings is 1. The van der Waals surface area contributed by atoms with E-state index in [1.54, 1.807) is 6.07 Å². The second-order valence-corrected chi connectivity index (χ2v) is 2.77. The van der Waals surface area contributed by atoms with E-state index >= 15 is 0 Å². The van der Waals surface area contributed by atoms with E-state index in [1.807, 2.05) is 6.07 Å². The Morgan fingerprint density at radius 2 is 2.14 bits per heavy atom. The van der Waals surface area contributed by atoms with Crippen molar-refractivity contribution in [1.29, 1.82) is 5.26 Å². The smallest absolute Gasteiger partial charge is 0.336 e. The molecule has 0 radical (unpaired) electrons. The zero-order chi connectivity index (χ0) is 10.1. The minimum absolute atomic E-state index is 0.159. The van der Waals surface area contributed by atoms with Gasteiger partial charge in [0.1, 0.15) is 17.4 Å². The highest BCUT2D eigenvalue weighted by molar-refractivity contribution is 5.80. The van der Waals surface area contributed by atoms with Crippen LogP contribution in [0.2, 0.25) is 0 Å². The molecule has 0 atom stereocenters. The van der Waals surface area contributed by atoms with Gasteiger partial charge in [-0.1, -0.05) is 0 Å². The van der Waals surface area contributed by atoms with Gasteiger partial charge in [0.05, 0.1) is 5.56 Å². The van der Waals surface area contributed by atoms with E-state index in [9.17, 15) is 9.90 Å². The minimum atomic E-state index is -0.485. The van der Waals surface area contributed by atoms with Gasteiger partial charge in [0, 0.05) is 17.5 Å². The maximum absolute atomic E-state index is 10.8. The zero-order valence-electron chi connectivity index (χ0n) is 7.02. The quantitative estimate of drug-likeness (QED) is 0.632. The normalized spacial score (nSPS) is 9.93. The molecule has 0 unspecified atom stereocenters. The molecule has 68 valence electrons. The molecule has 2 rings (SSSR count). The molecule has 0 bridgehead atoms. The first-order valence-electron chi connectivity index (χ1n) is 3.87. The van der Waals surface area contributed by atoms with Crippen molar-refractivity contribution in [1.82, 2.24) is 0 Å². The Bertz CT molecular complexity index is 592. The zero-order valence-corrected chi connectivity index (χ0v) is 7.02. The van der Waals surface area contributed by atoms with Crippen molar-refractivity contribution in [3.05, 3.63) is 40.2 Å². The van der Waals surface area contributed by atoms with Gasteiger partial charge in [0.15, 0.2) is 0 Å². The molecule has 0 saturated heterocycles. The summed E-state index contributed by atoms with van der Waals surface area (Å²) >= 11 is 0. The summed E-state index contributed by atoms with van der Waals surface area (Å²) in [7, 11) is 0. The van der Waals surface area contributed by atoms with Crippen LogP contribution < -0.4 is 5.63 Å². The van der Waals surface area contributed by atoms with Crippen LogP contribution in [0.5, 0.6) is 5.75 Å². The Morgan fingerprint density at radius 1 is 1.36 bits per heavy atom. The molecule has 0 aliphatic rings. The fraction of sp³-hybridized carbons (Fsp3) is 0. The minimum Gasteiger partial charge on any atom is -0.506 e. The fourth-order valence-electron chi connectivity index (χ4n) is 1.19. The average molecular weight is 187 g/mol. The van der Waals surface area contributed by atoms with E-state index in [2.05, 4.69) is 0 Å². The second-order valence-electron chi connectivity index (χ2n) is 2.77. The summed E-state index contributed by atoms with van der Waals surface area (Å²) in [4.78, 5) is 10.8. The van der Waals surface area contributed by atoms with E-state index in [0.29, 0.717) is 5.39 Å². The molecule has 1 aromatic carbocycles. The molecule has 1 aromatic heterocycles. The van der Waals surface area contributed by atoms with Gasteiger partial charge in [-0.3, -0.25) is 0 Å². The summed E-state index contributed by atoms with van der Waals surface area (Å²) in [6.07, 6.45) is 0. The molecular weight excluding hydrogens is 182 g/mol. The molecule has 0 spiro atoms. The first-order chi connectivity index (χ1) is 6.70. The van der Waals surface area contributed by atoms with Gasteiger partial charge in [-0.15, -0.1) is 0 Å². The van der Waals surface area contributed by atoms with Crippen LogP contribution in [0.1, 0.15) is 5.56 Å². The Hall–Kier alpha value is -2.28. The molecule has 4 nitrogen and oxygen atoms in total. The topological polar surface area (TPSA) is 74.2 Å². The Kier molecular flexibility index (Phi) is 1.72. The van der Waals surface area contributed by atoms with Gasteiger partial charge in [-0.05, 0) is 12.1 Å². The van der Waals surface area contributed by atoms with Crippen molar-refractivity contribution in [2.45, 2.75) is 0 Å². The highest BCUT2D eigenvalue weighted by Crippen LogP contribution is 2.22. The molecule has 1 N–H and O–H groups in total.